The average Bonchev–Trinajstić information content (AvgIpc) is 3.42. The third kappa shape index (κ3) is 5.11. The van der Waals surface area contributed by atoms with Crippen molar-refractivity contribution in [3.63, 3.8) is 0 Å². The van der Waals surface area contributed by atoms with Gasteiger partial charge in [-0.25, -0.2) is 0 Å². The number of nitrogens with zero attached hydrogens (tertiary/aromatic N) is 3. The smallest absolute Gasteiger partial charge is 0.256 e. The Labute approximate surface area is 212 Å². The van der Waals surface area contributed by atoms with Crippen molar-refractivity contribution >= 4 is 51.8 Å². The Morgan fingerprint density at radius 2 is 2.03 bits per heavy atom. The van der Waals surface area contributed by atoms with Gasteiger partial charge in [0.25, 0.3) is 5.91 Å². The molecule has 0 fully saturated rings. The Balaban J connectivity index is 1.21. The number of amides is 1. The summed E-state index contributed by atoms with van der Waals surface area (Å²) >= 11 is 5.03. The molecule has 34 heavy (non-hydrogen) atoms. The number of fused-ring (bicyclic) bond motifs is 3. The molecule has 2 N–H and O–H groups in total. The Hall–Kier alpha value is -2.49. The topological polar surface area (TPSA) is 71.8 Å². The second-order valence-electron chi connectivity index (χ2n) is 8.15. The summed E-state index contributed by atoms with van der Waals surface area (Å²) in [5.74, 6) is 2.37. The van der Waals surface area contributed by atoms with Gasteiger partial charge in [-0.15, -0.1) is 39.9 Å². The molecule has 5 rings (SSSR count). The van der Waals surface area contributed by atoms with Crippen LogP contribution in [0.25, 0.3) is 6.08 Å². The van der Waals surface area contributed by atoms with Gasteiger partial charge in [0.05, 0.1) is 11.3 Å². The molecule has 2 aromatic heterocycles. The highest BCUT2D eigenvalue weighted by Gasteiger charge is 2.31. The van der Waals surface area contributed by atoms with Crippen LogP contribution in [0.4, 0.5) is 5.00 Å². The maximum atomic E-state index is 12.8. The molecule has 0 saturated heterocycles. The number of carbonyl (C=O) groups is 1. The van der Waals surface area contributed by atoms with E-state index in [0.717, 1.165) is 40.1 Å². The van der Waals surface area contributed by atoms with Gasteiger partial charge in [-0.2, -0.15) is 0 Å². The quantitative estimate of drug-likeness (QED) is 0.290. The fourth-order valence-electron chi connectivity index (χ4n) is 4.21. The molecule has 3 heterocycles. The van der Waals surface area contributed by atoms with E-state index in [1.807, 2.05) is 24.3 Å². The van der Waals surface area contributed by atoms with Crippen LogP contribution in [0.3, 0.4) is 0 Å². The molecule has 6 nitrogen and oxygen atoms in total. The monoisotopic (exact) mass is 509 g/mol. The van der Waals surface area contributed by atoms with E-state index < -0.39 is 0 Å². The van der Waals surface area contributed by atoms with Gasteiger partial charge < -0.3 is 15.2 Å². The molecule has 1 aliphatic heterocycles. The number of rotatable bonds is 9. The average molecular weight is 510 g/mol. The standard InChI is InChI=1S/C25H27N5OS3/c1-2-14-30-20(28-29-25(30)32-15-8-11-17-9-4-3-5-10-17)16-33-24-26-22(31)21-18-12-6-7-13-19(18)34-23(21)27-24/h2-5,8-11,24,27H,1,6-7,12-16H2,(H,26,31)/b11-8+/t24-/m1/s1. The number of thioether (sulfide) groups is 2. The minimum absolute atomic E-state index is 0.0413. The van der Waals surface area contributed by atoms with Crippen LogP contribution in [0.15, 0.2) is 54.2 Å². The molecule has 3 aromatic rings. The lowest BCUT2D eigenvalue weighted by atomic mass is 9.95. The summed E-state index contributed by atoms with van der Waals surface area (Å²) in [5.41, 5.74) is 3.13. The van der Waals surface area contributed by atoms with Gasteiger partial charge in [0.1, 0.15) is 16.3 Å². The van der Waals surface area contributed by atoms with Gasteiger partial charge in [0, 0.05) is 17.2 Å². The number of benzene rings is 1. The first kappa shape index (κ1) is 23.3. The molecule has 176 valence electrons. The highest BCUT2D eigenvalue weighted by atomic mass is 32.2. The van der Waals surface area contributed by atoms with E-state index in [2.05, 4.69) is 56.3 Å². The van der Waals surface area contributed by atoms with E-state index in [-0.39, 0.29) is 11.4 Å². The number of aromatic nitrogens is 3. The lowest BCUT2D eigenvalue weighted by Gasteiger charge is -2.25. The normalized spacial score (nSPS) is 17.2. The zero-order valence-corrected chi connectivity index (χ0v) is 21.3. The molecular formula is C25H27N5OS3. The van der Waals surface area contributed by atoms with Gasteiger partial charge >= 0.3 is 0 Å². The second kappa shape index (κ2) is 10.8. The molecule has 0 spiro atoms. The number of hydrogen-bond acceptors (Lipinski definition) is 7. The van der Waals surface area contributed by atoms with Crippen LogP contribution in [0, 0.1) is 0 Å². The molecule has 0 unspecified atom stereocenters. The van der Waals surface area contributed by atoms with Crippen molar-refractivity contribution in [2.45, 2.75) is 48.6 Å². The summed E-state index contributed by atoms with van der Waals surface area (Å²) in [6, 6.07) is 10.3. The second-order valence-corrected chi connectivity index (χ2v) is 11.3. The summed E-state index contributed by atoms with van der Waals surface area (Å²) < 4.78 is 2.10. The minimum atomic E-state index is -0.182. The van der Waals surface area contributed by atoms with Crippen LogP contribution in [-0.2, 0) is 25.1 Å². The van der Waals surface area contributed by atoms with E-state index in [4.69, 9.17) is 0 Å². The van der Waals surface area contributed by atoms with E-state index in [0.29, 0.717) is 12.3 Å². The molecule has 1 aliphatic carbocycles. The molecule has 1 amide bonds. The number of carbonyl (C=O) groups excluding carboxylic acids is 1. The first-order valence-electron chi connectivity index (χ1n) is 11.4. The van der Waals surface area contributed by atoms with Gasteiger partial charge in [-0.3, -0.25) is 4.79 Å². The Bertz CT molecular complexity index is 1200. The molecule has 9 heteroatoms. The van der Waals surface area contributed by atoms with Crippen molar-refractivity contribution in [3.05, 3.63) is 76.5 Å². The summed E-state index contributed by atoms with van der Waals surface area (Å²) in [6.45, 7) is 4.55. The predicted octanol–water partition coefficient (Wildman–Crippen LogP) is 5.58. The fraction of sp³-hybridized carbons (Fsp3) is 0.320. The molecule has 0 bridgehead atoms. The number of allylic oxidation sites excluding steroid dienone is 1. The van der Waals surface area contributed by atoms with Crippen LogP contribution in [0.2, 0.25) is 0 Å². The first-order chi connectivity index (χ1) is 16.7. The first-order valence-corrected chi connectivity index (χ1v) is 14.3. The Morgan fingerprint density at radius 3 is 2.88 bits per heavy atom. The number of hydrogen-bond donors (Lipinski definition) is 2. The van der Waals surface area contributed by atoms with Crippen LogP contribution in [0.1, 0.15) is 45.0 Å². The van der Waals surface area contributed by atoms with Crippen molar-refractivity contribution < 1.29 is 4.79 Å². The largest absolute Gasteiger partial charge is 0.348 e. The zero-order chi connectivity index (χ0) is 23.3. The summed E-state index contributed by atoms with van der Waals surface area (Å²) in [5, 5.41) is 17.4. The van der Waals surface area contributed by atoms with Crippen molar-refractivity contribution in [3.8, 4) is 0 Å². The van der Waals surface area contributed by atoms with Crippen LogP contribution < -0.4 is 10.6 Å². The van der Waals surface area contributed by atoms with E-state index in [9.17, 15) is 4.79 Å². The Kier molecular flexibility index (Phi) is 7.42. The summed E-state index contributed by atoms with van der Waals surface area (Å²) in [6.07, 6.45) is 10.6. The van der Waals surface area contributed by atoms with Crippen molar-refractivity contribution in [2.75, 3.05) is 11.1 Å². The van der Waals surface area contributed by atoms with E-state index >= 15 is 0 Å². The predicted molar refractivity (Wildman–Crippen MR) is 144 cm³/mol. The lowest BCUT2D eigenvalue weighted by Crippen LogP contribution is -2.42. The van der Waals surface area contributed by atoms with Crippen LogP contribution in [-0.4, -0.2) is 31.9 Å². The molecule has 1 aromatic carbocycles. The highest BCUT2D eigenvalue weighted by Crippen LogP contribution is 2.40. The minimum Gasteiger partial charge on any atom is -0.348 e. The Morgan fingerprint density at radius 1 is 1.18 bits per heavy atom. The maximum Gasteiger partial charge on any atom is 0.256 e. The molecular weight excluding hydrogens is 483 g/mol. The van der Waals surface area contributed by atoms with Crippen molar-refractivity contribution in [1.29, 1.82) is 0 Å². The molecule has 0 radical (unpaired) electrons. The van der Waals surface area contributed by atoms with E-state index in [1.165, 1.54) is 28.8 Å². The van der Waals surface area contributed by atoms with Crippen LogP contribution in [0.5, 0.6) is 0 Å². The zero-order valence-electron chi connectivity index (χ0n) is 18.8. The third-order valence-corrected chi connectivity index (χ3v) is 8.96. The summed E-state index contributed by atoms with van der Waals surface area (Å²) in [4.78, 5) is 14.2. The highest BCUT2D eigenvalue weighted by molar-refractivity contribution is 7.99. The van der Waals surface area contributed by atoms with Gasteiger partial charge in [0.15, 0.2) is 5.16 Å². The number of aryl methyl sites for hydroxylation is 1. The fourth-order valence-corrected chi connectivity index (χ4v) is 7.30. The number of anilines is 1. The molecule has 2 aliphatic rings. The van der Waals surface area contributed by atoms with Gasteiger partial charge in [-0.1, -0.05) is 60.3 Å². The molecule has 1 atom stereocenters. The van der Waals surface area contributed by atoms with Crippen molar-refractivity contribution in [2.24, 2.45) is 0 Å². The lowest BCUT2D eigenvalue weighted by molar-refractivity contribution is 0.0948. The third-order valence-electron chi connectivity index (χ3n) is 5.83. The van der Waals surface area contributed by atoms with Crippen molar-refractivity contribution in [1.82, 2.24) is 20.1 Å². The number of thiophene rings is 1. The van der Waals surface area contributed by atoms with Crippen LogP contribution >= 0.6 is 34.9 Å². The maximum absolute atomic E-state index is 12.8. The number of nitrogens with one attached hydrogen (secondary N) is 2. The molecule has 0 saturated carbocycles. The SMILES string of the molecule is C=CCn1c(CS[C@@H]2NC(=O)c3c(sc4c3CCCC4)N2)nnc1SC/C=C/c1ccccc1. The van der Waals surface area contributed by atoms with Gasteiger partial charge in [0.2, 0.25) is 0 Å². The van der Waals surface area contributed by atoms with Gasteiger partial charge in [-0.05, 0) is 36.8 Å². The summed E-state index contributed by atoms with van der Waals surface area (Å²) in [7, 11) is 0. The van der Waals surface area contributed by atoms with E-state index in [1.54, 1.807) is 34.9 Å².